The Morgan fingerprint density at radius 2 is 2.19 bits per heavy atom. The predicted molar refractivity (Wildman–Crippen MR) is 55.0 cm³/mol. The summed E-state index contributed by atoms with van der Waals surface area (Å²) in [4.78, 5) is 11.4. The van der Waals surface area contributed by atoms with Gasteiger partial charge in [-0.15, -0.1) is 0 Å². The van der Waals surface area contributed by atoms with Crippen molar-refractivity contribution in [3.63, 3.8) is 0 Å². The number of hydrogen-bond donors (Lipinski definition) is 2. The van der Waals surface area contributed by atoms with Gasteiger partial charge in [0, 0.05) is 13.7 Å². The molecular formula is C10H12F2N2O2. The summed E-state index contributed by atoms with van der Waals surface area (Å²) >= 11 is 0. The van der Waals surface area contributed by atoms with Crippen molar-refractivity contribution in [2.24, 2.45) is 0 Å². The quantitative estimate of drug-likeness (QED) is 0.597. The smallest absolute Gasteiger partial charge is 0.257 e. The standard InChI is InChI=1S/C10H12F2N2O2/c1-16-5-4-14-10(15)8-6(11)2-3-7(13)9(8)12/h2-3H,4-5,13H2,1H3,(H,14,15). The van der Waals surface area contributed by atoms with Gasteiger partial charge in [-0.2, -0.15) is 0 Å². The van der Waals surface area contributed by atoms with E-state index < -0.39 is 23.1 Å². The number of methoxy groups -OCH3 is 1. The third kappa shape index (κ3) is 2.66. The van der Waals surface area contributed by atoms with Crippen LogP contribution in [0.15, 0.2) is 12.1 Å². The van der Waals surface area contributed by atoms with Gasteiger partial charge in [0.25, 0.3) is 5.91 Å². The zero-order chi connectivity index (χ0) is 12.1. The van der Waals surface area contributed by atoms with Crippen molar-refractivity contribution in [3.8, 4) is 0 Å². The van der Waals surface area contributed by atoms with Gasteiger partial charge in [-0.3, -0.25) is 4.79 Å². The number of carbonyl (C=O) groups is 1. The molecule has 1 amide bonds. The fourth-order valence-corrected chi connectivity index (χ4v) is 1.13. The summed E-state index contributed by atoms with van der Waals surface area (Å²) in [6.45, 7) is 0.431. The molecule has 0 spiro atoms. The Morgan fingerprint density at radius 1 is 1.50 bits per heavy atom. The molecular weight excluding hydrogens is 218 g/mol. The highest BCUT2D eigenvalue weighted by atomic mass is 19.1. The molecule has 16 heavy (non-hydrogen) atoms. The minimum atomic E-state index is -1.05. The Bertz CT molecular complexity index is 397. The Kier molecular flexibility index (Phi) is 4.19. The van der Waals surface area contributed by atoms with Crippen LogP contribution < -0.4 is 11.1 Å². The molecule has 0 radical (unpaired) electrons. The van der Waals surface area contributed by atoms with Crippen LogP contribution in [0.4, 0.5) is 14.5 Å². The van der Waals surface area contributed by atoms with Gasteiger partial charge in [-0.05, 0) is 12.1 Å². The van der Waals surface area contributed by atoms with Crippen molar-refractivity contribution in [1.82, 2.24) is 5.32 Å². The zero-order valence-corrected chi connectivity index (χ0v) is 8.72. The first kappa shape index (κ1) is 12.4. The maximum absolute atomic E-state index is 13.4. The second kappa shape index (κ2) is 5.41. The number of nitrogens with two attached hydrogens (primary N) is 1. The maximum Gasteiger partial charge on any atom is 0.257 e. The van der Waals surface area contributed by atoms with Crippen LogP contribution in [0.1, 0.15) is 10.4 Å². The minimum Gasteiger partial charge on any atom is -0.396 e. The lowest BCUT2D eigenvalue weighted by atomic mass is 10.1. The van der Waals surface area contributed by atoms with E-state index in [-0.39, 0.29) is 18.8 Å². The first-order chi connectivity index (χ1) is 7.57. The van der Waals surface area contributed by atoms with Gasteiger partial charge in [-0.1, -0.05) is 0 Å². The summed E-state index contributed by atoms with van der Waals surface area (Å²) in [5.41, 5.74) is 4.30. The second-order valence-corrected chi connectivity index (χ2v) is 3.07. The minimum absolute atomic E-state index is 0.170. The number of ether oxygens (including phenoxy) is 1. The number of halogens is 2. The first-order valence-corrected chi connectivity index (χ1v) is 4.58. The van der Waals surface area contributed by atoms with E-state index in [0.717, 1.165) is 12.1 Å². The molecule has 1 aromatic rings. The normalized spacial score (nSPS) is 10.2. The van der Waals surface area contributed by atoms with E-state index in [1.807, 2.05) is 0 Å². The van der Waals surface area contributed by atoms with Crippen molar-refractivity contribution in [2.45, 2.75) is 0 Å². The van der Waals surface area contributed by atoms with Crippen molar-refractivity contribution < 1.29 is 18.3 Å². The number of hydrogen-bond acceptors (Lipinski definition) is 3. The molecule has 0 bridgehead atoms. The van der Waals surface area contributed by atoms with Crippen molar-refractivity contribution >= 4 is 11.6 Å². The molecule has 0 saturated heterocycles. The van der Waals surface area contributed by atoms with Crippen LogP contribution in [0, 0.1) is 11.6 Å². The van der Waals surface area contributed by atoms with Gasteiger partial charge in [0.2, 0.25) is 0 Å². The summed E-state index contributed by atoms with van der Waals surface area (Å²) in [5, 5.41) is 2.31. The van der Waals surface area contributed by atoms with Crippen LogP contribution >= 0.6 is 0 Å². The molecule has 0 aliphatic heterocycles. The van der Waals surface area contributed by atoms with Crippen molar-refractivity contribution in [1.29, 1.82) is 0 Å². The number of carbonyl (C=O) groups excluding carboxylic acids is 1. The van der Waals surface area contributed by atoms with E-state index in [1.54, 1.807) is 0 Å². The molecule has 1 rings (SSSR count). The van der Waals surface area contributed by atoms with Gasteiger partial charge in [0.1, 0.15) is 11.4 Å². The number of nitrogen functional groups attached to an aromatic ring is 1. The number of amides is 1. The lowest BCUT2D eigenvalue weighted by Crippen LogP contribution is -2.28. The molecule has 6 heteroatoms. The predicted octanol–water partition coefficient (Wildman–Crippen LogP) is 0.923. The zero-order valence-electron chi connectivity index (χ0n) is 8.72. The van der Waals surface area contributed by atoms with E-state index in [4.69, 9.17) is 5.73 Å². The third-order valence-corrected chi connectivity index (χ3v) is 1.94. The van der Waals surface area contributed by atoms with Crippen LogP contribution in [-0.2, 0) is 4.74 Å². The Labute approximate surface area is 91.4 Å². The van der Waals surface area contributed by atoms with Gasteiger partial charge in [0.15, 0.2) is 5.82 Å². The number of rotatable bonds is 4. The molecule has 0 atom stereocenters. The van der Waals surface area contributed by atoms with Crippen molar-refractivity contribution in [2.75, 3.05) is 26.0 Å². The Hall–Kier alpha value is -1.69. The summed E-state index contributed by atoms with van der Waals surface area (Å²) in [6.07, 6.45) is 0. The van der Waals surface area contributed by atoms with E-state index in [0.29, 0.717) is 0 Å². The van der Waals surface area contributed by atoms with E-state index in [2.05, 4.69) is 10.1 Å². The van der Waals surface area contributed by atoms with Gasteiger partial charge < -0.3 is 15.8 Å². The lowest BCUT2D eigenvalue weighted by molar-refractivity contribution is 0.0929. The molecule has 0 aliphatic carbocycles. The van der Waals surface area contributed by atoms with Crippen LogP contribution in [0.3, 0.4) is 0 Å². The molecule has 4 nitrogen and oxygen atoms in total. The van der Waals surface area contributed by atoms with E-state index in [1.165, 1.54) is 7.11 Å². The van der Waals surface area contributed by atoms with Gasteiger partial charge in [-0.25, -0.2) is 8.78 Å². The monoisotopic (exact) mass is 230 g/mol. The summed E-state index contributed by atoms with van der Waals surface area (Å²) in [6, 6.07) is 2.01. The molecule has 1 aromatic carbocycles. The van der Waals surface area contributed by atoms with Gasteiger partial charge in [0.05, 0.1) is 12.3 Å². The summed E-state index contributed by atoms with van der Waals surface area (Å²) < 4.78 is 31.3. The average Bonchev–Trinajstić information content (AvgIpc) is 2.24. The molecule has 3 N–H and O–H groups in total. The summed E-state index contributed by atoms with van der Waals surface area (Å²) in [5.74, 6) is -2.84. The fraction of sp³-hybridized carbons (Fsp3) is 0.300. The largest absolute Gasteiger partial charge is 0.396 e. The Morgan fingerprint density at radius 3 is 2.81 bits per heavy atom. The Balaban J connectivity index is 2.86. The van der Waals surface area contributed by atoms with Gasteiger partial charge >= 0.3 is 0 Å². The third-order valence-electron chi connectivity index (χ3n) is 1.94. The van der Waals surface area contributed by atoms with Crippen LogP contribution in [0.25, 0.3) is 0 Å². The second-order valence-electron chi connectivity index (χ2n) is 3.07. The molecule has 0 aliphatic rings. The van der Waals surface area contributed by atoms with Crippen molar-refractivity contribution in [3.05, 3.63) is 29.3 Å². The molecule has 88 valence electrons. The highest BCUT2D eigenvalue weighted by molar-refractivity contribution is 5.95. The van der Waals surface area contributed by atoms with E-state index in [9.17, 15) is 13.6 Å². The van der Waals surface area contributed by atoms with E-state index >= 15 is 0 Å². The molecule has 0 aromatic heterocycles. The number of benzene rings is 1. The maximum atomic E-state index is 13.4. The highest BCUT2D eigenvalue weighted by Gasteiger charge is 2.18. The lowest BCUT2D eigenvalue weighted by Gasteiger charge is -2.07. The van der Waals surface area contributed by atoms with Crippen LogP contribution in [0.2, 0.25) is 0 Å². The topological polar surface area (TPSA) is 64.3 Å². The number of nitrogens with one attached hydrogen (secondary N) is 1. The SMILES string of the molecule is COCCNC(=O)c1c(F)ccc(N)c1F. The summed E-state index contributed by atoms with van der Waals surface area (Å²) in [7, 11) is 1.45. The number of anilines is 1. The molecule has 0 fully saturated rings. The molecule has 0 heterocycles. The van der Waals surface area contributed by atoms with Crippen LogP contribution in [0.5, 0.6) is 0 Å². The first-order valence-electron chi connectivity index (χ1n) is 4.58. The highest BCUT2D eigenvalue weighted by Crippen LogP contribution is 2.18. The molecule has 0 unspecified atom stereocenters. The molecule has 0 saturated carbocycles. The average molecular weight is 230 g/mol. The fourth-order valence-electron chi connectivity index (χ4n) is 1.13. The van der Waals surface area contributed by atoms with Crippen LogP contribution in [-0.4, -0.2) is 26.2 Å².